The number of carboxylic acids is 1. The summed E-state index contributed by atoms with van der Waals surface area (Å²) in [7, 11) is 0. The van der Waals surface area contributed by atoms with Gasteiger partial charge in [0, 0.05) is 12.6 Å². The first kappa shape index (κ1) is 14.6. The van der Waals surface area contributed by atoms with E-state index in [-0.39, 0.29) is 5.56 Å². The van der Waals surface area contributed by atoms with Gasteiger partial charge < -0.3 is 10.4 Å². The van der Waals surface area contributed by atoms with Crippen molar-refractivity contribution in [3.8, 4) is 0 Å². The highest BCUT2D eigenvalue weighted by molar-refractivity contribution is 5.87. The number of carbonyl (C=O) groups is 1. The maximum absolute atomic E-state index is 13.4. The third kappa shape index (κ3) is 4.45. The van der Waals surface area contributed by atoms with E-state index in [2.05, 4.69) is 19.2 Å². The van der Waals surface area contributed by atoms with Crippen LogP contribution in [0.3, 0.4) is 0 Å². The molecule has 1 rings (SSSR count). The molecule has 3 nitrogen and oxygen atoms in total. The zero-order chi connectivity index (χ0) is 13.5. The fraction of sp³-hybridized carbons (Fsp3) is 0.500. The van der Waals surface area contributed by atoms with E-state index in [1.54, 1.807) is 6.07 Å². The van der Waals surface area contributed by atoms with Gasteiger partial charge in [-0.3, -0.25) is 0 Å². The average Bonchev–Trinajstić information content (AvgIpc) is 2.33. The highest BCUT2D eigenvalue weighted by Crippen LogP contribution is 2.11. The van der Waals surface area contributed by atoms with Crippen LogP contribution in [0.15, 0.2) is 18.2 Å². The second-order valence-corrected chi connectivity index (χ2v) is 4.54. The van der Waals surface area contributed by atoms with Crippen LogP contribution in [0, 0.1) is 5.82 Å². The van der Waals surface area contributed by atoms with Crippen LogP contribution in [0.5, 0.6) is 0 Å². The number of unbranched alkanes of at least 4 members (excludes halogenated alkanes) is 1. The number of hydrogen-bond donors (Lipinski definition) is 2. The molecule has 18 heavy (non-hydrogen) atoms. The molecule has 1 unspecified atom stereocenters. The number of halogens is 1. The molecule has 0 saturated carbocycles. The summed E-state index contributed by atoms with van der Waals surface area (Å²) < 4.78 is 13.4. The Labute approximate surface area is 107 Å². The van der Waals surface area contributed by atoms with E-state index in [0.717, 1.165) is 18.4 Å². The minimum absolute atomic E-state index is 0.280. The first-order chi connectivity index (χ1) is 8.54. The fourth-order valence-corrected chi connectivity index (χ4v) is 1.75. The van der Waals surface area contributed by atoms with E-state index in [1.165, 1.54) is 18.6 Å². The van der Waals surface area contributed by atoms with E-state index in [4.69, 9.17) is 5.11 Å². The molecule has 0 aliphatic heterocycles. The van der Waals surface area contributed by atoms with Crippen LogP contribution in [0.1, 0.15) is 49.0 Å². The van der Waals surface area contributed by atoms with E-state index in [0.29, 0.717) is 12.6 Å². The van der Waals surface area contributed by atoms with Gasteiger partial charge in [-0.25, -0.2) is 9.18 Å². The summed E-state index contributed by atoms with van der Waals surface area (Å²) in [6, 6.07) is 4.62. The largest absolute Gasteiger partial charge is 0.478 e. The number of carboxylic acid groups (broad SMARTS) is 1. The molecule has 2 N–H and O–H groups in total. The Kier molecular flexibility index (Phi) is 5.78. The van der Waals surface area contributed by atoms with Crippen LogP contribution in [0.25, 0.3) is 0 Å². The number of nitrogens with one attached hydrogen (secondary N) is 1. The zero-order valence-corrected chi connectivity index (χ0v) is 10.9. The number of aromatic carboxylic acids is 1. The topological polar surface area (TPSA) is 49.3 Å². The molecule has 0 saturated heterocycles. The van der Waals surface area contributed by atoms with Crippen LogP contribution in [0.2, 0.25) is 0 Å². The van der Waals surface area contributed by atoms with Crippen molar-refractivity contribution in [2.24, 2.45) is 0 Å². The number of benzene rings is 1. The summed E-state index contributed by atoms with van der Waals surface area (Å²) in [6.45, 7) is 4.80. The minimum Gasteiger partial charge on any atom is -0.478 e. The minimum atomic E-state index is -1.23. The van der Waals surface area contributed by atoms with Crippen molar-refractivity contribution in [1.29, 1.82) is 0 Å². The lowest BCUT2D eigenvalue weighted by molar-refractivity contribution is 0.0692. The Balaban J connectivity index is 2.53. The summed E-state index contributed by atoms with van der Waals surface area (Å²) in [4.78, 5) is 10.7. The summed E-state index contributed by atoms with van der Waals surface area (Å²) >= 11 is 0. The van der Waals surface area contributed by atoms with Crippen LogP contribution >= 0.6 is 0 Å². The monoisotopic (exact) mass is 253 g/mol. The van der Waals surface area contributed by atoms with Gasteiger partial charge in [-0.15, -0.1) is 0 Å². The van der Waals surface area contributed by atoms with Crippen molar-refractivity contribution < 1.29 is 14.3 Å². The highest BCUT2D eigenvalue weighted by atomic mass is 19.1. The van der Waals surface area contributed by atoms with Crippen molar-refractivity contribution in [2.75, 3.05) is 0 Å². The average molecular weight is 253 g/mol. The second kappa shape index (κ2) is 7.11. The van der Waals surface area contributed by atoms with Gasteiger partial charge in [-0.05, 0) is 31.0 Å². The van der Waals surface area contributed by atoms with Crippen LogP contribution in [-0.4, -0.2) is 17.1 Å². The van der Waals surface area contributed by atoms with Gasteiger partial charge in [0.05, 0.1) is 5.56 Å². The van der Waals surface area contributed by atoms with Crippen molar-refractivity contribution >= 4 is 5.97 Å². The summed E-state index contributed by atoms with van der Waals surface area (Å²) in [5.41, 5.74) is 0.485. The van der Waals surface area contributed by atoms with Crippen LogP contribution < -0.4 is 5.32 Å². The molecule has 1 aromatic carbocycles. The second-order valence-electron chi connectivity index (χ2n) is 4.54. The molecule has 0 fully saturated rings. The molecule has 0 radical (unpaired) electrons. The maximum atomic E-state index is 13.4. The molecule has 100 valence electrons. The quantitative estimate of drug-likeness (QED) is 0.784. The van der Waals surface area contributed by atoms with E-state index in [1.807, 2.05) is 0 Å². The van der Waals surface area contributed by atoms with Gasteiger partial charge >= 0.3 is 5.97 Å². The third-order valence-electron chi connectivity index (χ3n) is 2.91. The maximum Gasteiger partial charge on any atom is 0.338 e. The molecule has 4 heteroatoms. The molecular weight excluding hydrogens is 233 g/mol. The molecule has 0 aliphatic rings. The van der Waals surface area contributed by atoms with E-state index in [9.17, 15) is 9.18 Å². The molecule has 1 atom stereocenters. The lowest BCUT2D eigenvalue weighted by Gasteiger charge is -2.13. The Bertz CT molecular complexity index is 407. The first-order valence-corrected chi connectivity index (χ1v) is 6.29. The van der Waals surface area contributed by atoms with Gasteiger partial charge in [-0.1, -0.05) is 25.8 Å². The summed E-state index contributed by atoms with van der Waals surface area (Å²) in [5.74, 6) is -1.91. The smallest absolute Gasteiger partial charge is 0.338 e. The normalized spacial score (nSPS) is 12.4. The predicted molar refractivity (Wildman–Crippen MR) is 69.2 cm³/mol. The number of hydrogen-bond acceptors (Lipinski definition) is 2. The molecule has 0 aromatic heterocycles. The van der Waals surface area contributed by atoms with E-state index < -0.39 is 11.8 Å². The summed E-state index contributed by atoms with van der Waals surface area (Å²) in [6.07, 6.45) is 3.42. The van der Waals surface area contributed by atoms with Crippen molar-refractivity contribution in [1.82, 2.24) is 5.32 Å². The van der Waals surface area contributed by atoms with Gasteiger partial charge in [0.2, 0.25) is 0 Å². The standard InChI is InChI=1S/C14H20FNO2/c1-3-4-5-10(2)16-9-11-6-7-12(14(17)18)13(15)8-11/h6-8,10,16H,3-5,9H2,1-2H3,(H,17,18). The Morgan fingerprint density at radius 2 is 2.22 bits per heavy atom. The highest BCUT2D eigenvalue weighted by Gasteiger charge is 2.10. The predicted octanol–water partition coefficient (Wildman–Crippen LogP) is 3.19. The Morgan fingerprint density at radius 1 is 1.50 bits per heavy atom. The van der Waals surface area contributed by atoms with Crippen LogP contribution in [0.4, 0.5) is 4.39 Å². The number of rotatable bonds is 7. The molecule has 0 spiro atoms. The lowest BCUT2D eigenvalue weighted by Crippen LogP contribution is -2.25. The lowest BCUT2D eigenvalue weighted by atomic mass is 10.1. The summed E-state index contributed by atoms with van der Waals surface area (Å²) in [5, 5.41) is 12.0. The molecule has 1 aromatic rings. The first-order valence-electron chi connectivity index (χ1n) is 6.29. The van der Waals surface area contributed by atoms with Crippen molar-refractivity contribution in [2.45, 2.75) is 45.7 Å². The van der Waals surface area contributed by atoms with Gasteiger partial charge in [0.25, 0.3) is 0 Å². The zero-order valence-electron chi connectivity index (χ0n) is 10.9. The molecule has 0 amide bonds. The molecule has 0 aliphatic carbocycles. The van der Waals surface area contributed by atoms with Gasteiger partial charge in [0.1, 0.15) is 5.82 Å². The molecule has 0 heterocycles. The van der Waals surface area contributed by atoms with Gasteiger partial charge in [-0.2, -0.15) is 0 Å². The Morgan fingerprint density at radius 3 is 2.78 bits per heavy atom. The Hall–Kier alpha value is -1.42. The SMILES string of the molecule is CCCCC(C)NCc1ccc(C(=O)O)c(F)c1. The molecule has 0 bridgehead atoms. The van der Waals surface area contributed by atoms with E-state index >= 15 is 0 Å². The fourth-order valence-electron chi connectivity index (χ4n) is 1.75. The van der Waals surface area contributed by atoms with Gasteiger partial charge in [0.15, 0.2) is 0 Å². The van der Waals surface area contributed by atoms with Crippen LogP contribution in [-0.2, 0) is 6.54 Å². The van der Waals surface area contributed by atoms with Crippen molar-refractivity contribution in [3.05, 3.63) is 35.1 Å². The molecular formula is C14H20FNO2. The third-order valence-corrected chi connectivity index (χ3v) is 2.91. The van der Waals surface area contributed by atoms with Crippen molar-refractivity contribution in [3.63, 3.8) is 0 Å².